The van der Waals surface area contributed by atoms with E-state index < -0.39 is 12.1 Å². The number of ether oxygens (including phenoxy) is 2. The highest BCUT2D eigenvalue weighted by Gasteiger charge is 2.35. The van der Waals surface area contributed by atoms with E-state index in [0.29, 0.717) is 37.1 Å². The zero-order valence-corrected chi connectivity index (χ0v) is 18.5. The molecule has 2 aliphatic rings. The summed E-state index contributed by atoms with van der Waals surface area (Å²) in [5.74, 6) is 0.693. The summed E-state index contributed by atoms with van der Waals surface area (Å²) in [6.45, 7) is 5.44. The molecule has 168 valence electrons. The molecule has 4 rings (SSSR count). The van der Waals surface area contributed by atoms with Gasteiger partial charge in [0.05, 0.1) is 17.3 Å². The molecule has 32 heavy (non-hydrogen) atoms. The fraction of sp³-hybridized carbons (Fsp3) is 0.400. The van der Waals surface area contributed by atoms with Gasteiger partial charge in [-0.25, -0.2) is 9.79 Å². The molecule has 0 unspecified atom stereocenters. The van der Waals surface area contributed by atoms with Crippen LogP contribution in [0.15, 0.2) is 59.6 Å². The van der Waals surface area contributed by atoms with Crippen molar-refractivity contribution in [1.82, 2.24) is 4.90 Å². The SMILES string of the molecule is CC(C)[C@H]1COC(c2ccccc2NC(=O)[C@@H]2CCCN2C(=O)OCc2ccccc2)=N1. The molecule has 1 saturated heterocycles. The van der Waals surface area contributed by atoms with E-state index in [1.807, 2.05) is 54.6 Å². The number of hydrogen-bond donors (Lipinski definition) is 1. The first-order chi connectivity index (χ1) is 15.5. The maximum absolute atomic E-state index is 13.1. The number of para-hydroxylation sites is 1. The van der Waals surface area contributed by atoms with Crippen molar-refractivity contribution in [2.45, 2.75) is 45.4 Å². The van der Waals surface area contributed by atoms with Gasteiger partial charge in [0.25, 0.3) is 0 Å². The van der Waals surface area contributed by atoms with E-state index in [0.717, 1.165) is 17.5 Å². The molecule has 0 radical (unpaired) electrons. The van der Waals surface area contributed by atoms with Crippen molar-refractivity contribution in [3.05, 3.63) is 65.7 Å². The van der Waals surface area contributed by atoms with Crippen LogP contribution in [0.5, 0.6) is 0 Å². The lowest BCUT2D eigenvalue weighted by Crippen LogP contribution is -2.43. The number of likely N-dealkylation sites (tertiary alicyclic amines) is 1. The zero-order valence-electron chi connectivity index (χ0n) is 18.5. The molecule has 2 atom stereocenters. The second-order valence-corrected chi connectivity index (χ2v) is 8.48. The van der Waals surface area contributed by atoms with E-state index in [-0.39, 0.29) is 18.6 Å². The highest BCUT2D eigenvalue weighted by Crippen LogP contribution is 2.25. The van der Waals surface area contributed by atoms with Crippen molar-refractivity contribution < 1.29 is 19.1 Å². The molecule has 0 aliphatic carbocycles. The van der Waals surface area contributed by atoms with Gasteiger partial charge in [0.2, 0.25) is 11.8 Å². The van der Waals surface area contributed by atoms with Crippen LogP contribution in [0, 0.1) is 5.92 Å². The number of amides is 2. The molecule has 0 aromatic heterocycles. The molecule has 2 aliphatic heterocycles. The maximum atomic E-state index is 13.1. The average Bonchev–Trinajstić information content (AvgIpc) is 3.49. The number of carbonyl (C=O) groups is 2. The Morgan fingerprint density at radius 2 is 1.91 bits per heavy atom. The normalized spacial score (nSPS) is 20.1. The molecule has 0 spiro atoms. The molecular formula is C25H29N3O4. The molecule has 1 N–H and O–H groups in total. The summed E-state index contributed by atoms with van der Waals surface area (Å²) in [7, 11) is 0. The van der Waals surface area contributed by atoms with Crippen LogP contribution in [0.4, 0.5) is 10.5 Å². The van der Waals surface area contributed by atoms with Crippen LogP contribution >= 0.6 is 0 Å². The number of benzene rings is 2. The van der Waals surface area contributed by atoms with Gasteiger partial charge < -0.3 is 14.8 Å². The minimum atomic E-state index is -0.568. The van der Waals surface area contributed by atoms with Crippen LogP contribution in [0.25, 0.3) is 0 Å². The fourth-order valence-electron chi connectivity index (χ4n) is 3.93. The highest BCUT2D eigenvalue weighted by molar-refractivity contribution is 6.05. The van der Waals surface area contributed by atoms with Crippen molar-refractivity contribution in [3.8, 4) is 0 Å². The summed E-state index contributed by atoms with van der Waals surface area (Å²) < 4.78 is 11.3. The predicted octanol–water partition coefficient (Wildman–Crippen LogP) is 4.23. The number of aliphatic imine (C=N–C) groups is 1. The second kappa shape index (κ2) is 9.85. The van der Waals surface area contributed by atoms with Crippen LogP contribution in [0.1, 0.15) is 37.8 Å². The Bertz CT molecular complexity index is 990. The van der Waals surface area contributed by atoms with Gasteiger partial charge in [-0.3, -0.25) is 9.69 Å². The Labute approximate surface area is 188 Å². The number of anilines is 1. The Balaban J connectivity index is 1.42. The number of hydrogen-bond acceptors (Lipinski definition) is 5. The van der Waals surface area contributed by atoms with Crippen molar-refractivity contribution in [2.24, 2.45) is 10.9 Å². The van der Waals surface area contributed by atoms with E-state index in [2.05, 4.69) is 24.2 Å². The molecule has 2 aromatic rings. The van der Waals surface area contributed by atoms with E-state index in [4.69, 9.17) is 9.47 Å². The smallest absolute Gasteiger partial charge is 0.410 e. The summed E-state index contributed by atoms with van der Waals surface area (Å²) in [5, 5.41) is 2.98. The van der Waals surface area contributed by atoms with E-state index in [1.54, 1.807) is 0 Å². The Kier molecular flexibility index (Phi) is 6.73. The first-order valence-electron chi connectivity index (χ1n) is 11.1. The summed E-state index contributed by atoms with van der Waals surface area (Å²) in [6, 6.07) is 16.5. The molecule has 7 heteroatoms. The van der Waals surface area contributed by atoms with Crippen LogP contribution in [-0.4, -0.2) is 48.0 Å². The average molecular weight is 436 g/mol. The van der Waals surface area contributed by atoms with E-state index >= 15 is 0 Å². The Morgan fingerprint density at radius 3 is 2.66 bits per heavy atom. The van der Waals surface area contributed by atoms with Crippen LogP contribution in [0.2, 0.25) is 0 Å². The van der Waals surface area contributed by atoms with Gasteiger partial charge in [-0.15, -0.1) is 0 Å². The minimum Gasteiger partial charge on any atom is -0.475 e. The monoisotopic (exact) mass is 435 g/mol. The van der Waals surface area contributed by atoms with Gasteiger partial charge in [-0.2, -0.15) is 0 Å². The third kappa shape index (κ3) is 4.93. The van der Waals surface area contributed by atoms with Gasteiger partial charge in [0, 0.05) is 6.54 Å². The van der Waals surface area contributed by atoms with Crippen molar-refractivity contribution in [3.63, 3.8) is 0 Å². The summed E-state index contributed by atoms with van der Waals surface area (Å²) in [5.41, 5.74) is 2.29. The molecule has 2 amide bonds. The lowest BCUT2D eigenvalue weighted by atomic mass is 10.1. The van der Waals surface area contributed by atoms with Gasteiger partial charge >= 0.3 is 6.09 Å². The number of carbonyl (C=O) groups excluding carboxylic acids is 2. The first kappa shape index (κ1) is 21.9. The molecule has 2 aromatic carbocycles. The molecule has 0 bridgehead atoms. The van der Waals surface area contributed by atoms with Crippen molar-refractivity contribution in [1.29, 1.82) is 0 Å². The van der Waals surface area contributed by atoms with Gasteiger partial charge in [0.1, 0.15) is 19.3 Å². The number of nitrogens with zero attached hydrogens (tertiary/aromatic N) is 2. The van der Waals surface area contributed by atoms with Gasteiger partial charge in [0.15, 0.2) is 0 Å². The minimum absolute atomic E-state index is 0.110. The molecular weight excluding hydrogens is 406 g/mol. The maximum Gasteiger partial charge on any atom is 0.410 e. The first-order valence-corrected chi connectivity index (χ1v) is 11.1. The Morgan fingerprint density at radius 1 is 1.16 bits per heavy atom. The van der Waals surface area contributed by atoms with Gasteiger partial charge in [-0.05, 0) is 36.5 Å². The zero-order chi connectivity index (χ0) is 22.5. The largest absolute Gasteiger partial charge is 0.475 e. The van der Waals surface area contributed by atoms with E-state index in [9.17, 15) is 9.59 Å². The molecule has 2 heterocycles. The summed E-state index contributed by atoms with van der Waals surface area (Å²) >= 11 is 0. The fourth-order valence-corrected chi connectivity index (χ4v) is 3.93. The Hall–Kier alpha value is -3.35. The van der Waals surface area contributed by atoms with Crippen LogP contribution in [0.3, 0.4) is 0 Å². The van der Waals surface area contributed by atoms with Crippen LogP contribution in [-0.2, 0) is 20.9 Å². The standard InChI is InChI=1S/C25H29N3O4/c1-17(2)21-16-31-24(27-21)19-11-6-7-12-20(19)26-23(29)22-13-8-14-28(22)25(30)32-15-18-9-4-3-5-10-18/h3-7,9-12,17,21-22H,8,13-16H2,1-2H3,(H,26,29)/t21-,22+/m1/s1. The lowest BCUT2D eigenvalue weighted by molar-refractivity contribution is -0.120. The third-order valence-corrected chi connectivity index (χ3v) is 5.85. The van der Waals surface area contributed by atoms with Crippen molar-refractivity contribution in [2.75, 3.05) is 18.5 Å². The lowest BCUT2D eigenvalue weighted by Gasteiger charge is -2.23. The highest BCUT2D eigenvalue weighted by atomic mass is 16.6. The predicted molar refractivity (Wildman–Crippen MR) is 123 cm³/mol. The van der Waals surface area contributed by atoms with E-state index in [1.165, 1.54) is 4.90 Å². The topological polar surface area (TPSA) is 80.2 Å². The number of rotatable bonds is 6. The second-order valence-electron chi connectivity index (χ2n) is 8.48. The van der Waals surface area contributed by atoms with Crippen LogP contribution < -0.4 is 5.32 Å². The molecule has 1 fully saturated rings. The molecule has 7 nitrogen and oxygen atoms in total. The third-order valence-electron chi connectivity index (χ3n) is 5.85. The molecule has 0 saturated carbocycles. The number of nitrogens with one attached hydrogen (secondary N) is 1. The van der Waals surface area contributed by atoms with Crippen molar-refractivity contribution >= 4 is 23.6 Å². The quantitative estimate of drug-likeness (QED) is 0.736. The summed E-state index contributed by atoms with van der Waals surface area (Å²) in [6.07, 6.45) is 0.885. The van der Waals surface area contributed by atoms with Gasteiger partial charge in [-0.1, -0.05) is 56.3 Å². The summed E-state index contributed by atoms with van der Waals surface area (Å²) in [4.78, 5) is 31.9.